The molecule has 0 aromatic heterocycles. The minimum absolute atomic E-state index is 0.102. The summed E-state index contributed by atoms with van der Waals surface area (Å²) in [6, 6.07) is 16.5. The van der Waals surface area contributed by atoms with E-state index in [2.05, 4.69) is 36.2 Å². The third kappa shape index (κ3) is 5.85. The van der Waals surface area contributed by atoms with Crippen LogP contribution in [0.4, 0.5) is 4.39 Å². The molecule has 0 heterocycles. The van der Waals surface area contributed by atoms with Gasteiger partial charge in [0, 0.05) is 6.54 Å². The van der Waals surface area contributed by atoms with Gasteiger partial charge in [0.2, 0.25) is 5.91 Å². The Morgan fingerprint density at radius 2 is 1.73 bits per heavy atom. The highest BCUT2D eigenvalue weighted by Gasteiger charge is 2.18. The molecule has 2 aromatic rings. The van der Waals surface area contributed by atoms with Crippen molar-refractivity contribution in [1.82, 2.24) is 10.2 Å². The lowest BCUT2D eigenvalue weighted by atomic mass is 10.1. The summed E-state index contributed by atoms with van der Waals surface area (Å²) in [5, 5.41) is 2.98. The topological polar surface area (TPSA) is 41.6 Å². The Labute approximate surface area is 155 Å². The Morgan fingerprint density at radius 1 is 1.08 bits per heavy atom. The first kappa shape index (κ1) is 19.9. The van der Waals surface area contributed by atoms with E-state index >= 15 is 0 Å². The Balaban J connectivity index is 1.85. The van der Waals surface area contributed by atoms with E-state index in [1.165, 1.54) is 11.6 Å². The Morgan fingerprint density at radius 3 is 2.38 bits per heavy atom. The maximum Gasteiger partial charge on any atom is 0.223 e. The van der Waals surface area contributed by atoms with Gasteiger partial charge >= 0.3 is 0 Å². The van der Waals surface area contributed by atoms with E-state index < -0.39 is 5.82 Å². The van der Waals surface area contributed by atoms with Crippen molar-refractivity contribution < 1.29 is 13.9 Å². The molecule has 0 bridgehead atoms. The van der Waals surface area contributed by atoms with Crippen LogP contribution in [-0.2, 0) is 4.79 Å². The normalized spacial score (nSPS) is 12.0. The van der Waals surface area contributed by atoms with Gasteiger partial charge in [0.15, 0.2) is 11.6 Å². The molecule has 2 rings (SSSR count). The fraction of sp³-hybridized carbons (Fsp3) is 0.381. The lowest BCUT2D eigenvalue weighted by molar-refractivity contribution is -0.121. The minimum atomic E-state index is -0.418. The van der Waals surface area contributed by atoms with Gasteiger partial charge in [-0.3, -0.25) is 9.69 Å². The van der Waals surface area contributed by atoms with Crippen LogP contribution in [0, 0.1) is 5.82 Å². The molecular formula is C21H27FN2O2. The Hall–Kier alpha value is -2.40. The number of nitrogens with zero attached hydrogens (tertiary/aromatic N) is 1. The number of likely N-dealkylation sites (N-methyl/N-ethyl adjacent to an activating group) is 1. The third-order valence-corrected chi connectivity index (χ3v) is 4.35. The van der Waals surface area contributed by atoms with E-state index in [9.17, 15) is 9.18 Å². The molecule has 26 heavy (non-hydrogen) atoms. The predicted octanol–water partition coefficient (Wildman–Crippen LogP) is 3.79. The van der Waals surface area contributed by atoms with Crippen LogP contribution in [-0.4, -0.2) is 37.0 Å². The van der Waals surface area contributed by atoms with Gasteiger partial charge < -0.3 is 10.1 Å². The molecule has 5 heteroatoms. The Bertz CT molecular complexity index is 675. The van der Waals surface area contributed by atoms with E-state index in [0.717, 1.165) is 13.1 Å². The highest BCUT2D eigenvalue weighted by Crippen LogP contribution is 2.19. The number of carbonyl (C=O) groups excluding carboxylic acids is 1. The quantitative estimate of drug-likeness (QED) is 0.702. The standard InChI is InChI=1S/C21H27FN2O2/c1-3-24(4-2)19(17-10-6-5-7-11-17)16-23-21(25)14-15-26-20-13-9-8-12-18(20)22/h5-13,19H,3-4,14-16H2,1-2H3,(H,23,25). The maximum atomic E-state index is 13.5. The van der Waals surface area contributed by atoms with Gasteiger partial charge in [0.05, 0.1) is 19.1 Å². The molecule has 0 saturated carbocycles. The van der Waals surface area contributed by atoms with Gasteiger partial charge in [-0.1, -0.05) is 56.3 Å². The number of benzene rings is 2. The second kappa shape index (κ2) is 10.6. The summed E-state index contributed by atoms with van der Waals surface area (Å²) < 4.78 is 18.8. The summed E-state index contributed by atoms with van der Waals surface area (Å²) in [4.78, 5) is 14.5. The molecule has 0 aliphatic carbocycles. The molecule has 0 fully saturated rings. The van der Waals surface area contributed by atoms with Gasteiger partial charge in [-0.15, -0.1) is 0 Å². The molecule has 1 unspecified atom stereocenters. The fourth-order valence-electron chi connectivity index (χ4n) is 2.91. The van der Waals surface area contributed by atoms with Crippen LogP contribution in [0.1, 0.15) is 31.9 Å². The first-order valence-electron chi connectivity index (χ1n) is 9.08. The third-order valence-electron chi connectivity index (χ3n) is 4.35. The average molecular weight is 358 g/mol. The van der Waals surface area contributed by atoms with E-state index in [0.29, 0.717) is 6.54 Å². The number of carbonyl (C=O) groups is 1. The van der Waals surface area contributed by atoms with Crippen molar-refractivity contribution in [3.63, 3.8) is 0 Å². The molecule has 0 aliphatic rings. The molecule has 4 nitrogen and oxygen atoms in total. The van der Waals surface area contributed by atoms with Crippen LogP contribution >= 0.6 is 0 Å². The summed E-state index contributed by atoms with van der Waals surface area (Å²) in [5.74, 6) is -0.349. The van der Waals surface area contributed by atoms with E-state index in [-0.39, 0.29) is 30.7 Å². The molecular weight excluding hydrogens is 331 g/mol. The molecule has 0 saturated heterocycles. The van der Waals surface area contributed by atoms with Crippen molar-refractivity contribution in [3.05, 3.63) is 66.0 Å². The number of para-hydroxylation sites is 1. The van der Waals surface area contributed by atoms with Crippen LogP contribution in [0.3, 0.4) is 0 Å². The van der Waals surface area contributed by atoms with Crippen molar-refractivity contribution in [1.29, 1.82) is 0 Å². The van der Waals surface area contributed by atoms with E-state index in [1.807, 2.05) is 18.2 Å². The zero-order valence-electron chi connectivity index (χ0n) is 15.5. The fourth-order valence-corrected chi connectivity index (χ4v) is 2.91. The van der Waals surface area contributed by atoms with Crippen molar-refractivity contribution in [2.75, 3.05) is 26.2 Å². The molecule has 0 radical (unpaired) electrons. The smallest absolute Gasteiger partial charge is 0.223 e. The SMILES string of the molecule is CCN(CC)C(CNC(=O)CCOc1ccccc1F)c1ccccc1. The molecule has 0 spiro atoms. The van der Waals surface area contributed by atoms with Crippen molar-refractivity contribution in [2.24, 2.45) is 0 Å². The van der Waals surface area contributed by atoms with E-state index in [1.54, 1.807) is 18.2 Å². The minimum Gasteiger partial charge on any atom is -0.490 e. The summed E-state index contributed by atoms with van der Waals surface area (Å²) in [6.07, 6.45) is 0.189. The van der Waals surface area contributed by atoms with Gasteiger partial charge in [-0.05, 0) is 30.8 Å². The second-order valence-electron chi connectivity index (χ2n) is 5.98. The molecule has 2 aromatic carbocycles. The largest absolute Gasteiger partial charge is 0.490 e. The number of rotatable bonds is 10. The number of hydrogen-bond acceptors (Lipinski definition) is 3. The number of amides is 1. The van der Waals surface area contributed by atoms with Crippen LogP contribution in [0.15, 0.2) is 54.6 Å². The lowest BCUT2D eigenvalue weighted by Gasteiger charge is -2.30. The van der Waals surface area contributed by atoms with Crippen molar-refractivity contribution >= 4 is 5.91 Å². The number of nitrogens with one attached hydrogen (secondary N) is 1. The summed E-state index contributed by atoms with van der Waals surface area (Å²) in [5.41, 5.74) is 1.18. The van der Waals surface area contributed by atoms with Crippen LogP contribution in [0.5, 0.6) is 5.75 Å². The van der Waals surface area contributed by atoms with Crippen LogP contribution < -0.4 is 10.1 Å². The van der Waals surface area contributed by atoms with Gasteiger partial charge in [-0.25, -0.2) is 4.39 Å². The van der Waals surface area contributed by atoms with Gasteiger partial charge in [-0.2, -0.15) is 0 Å². The zero-order chi connectivity index (χ0) is 18.8. The summed E-state index contributed by atoms with van der Waals surface area (Å²) in [7, 11) is 0. The van der Waals surface area contributed by atoms with E-state index in [4.69, 9.17) is 4.74 Å². The summed E-state index contributed by atoms with van der Waals surface area (Å²) >= 11 is 0. The highest BCUT2D eigenvalue weighted by atomic mass is 19.1. The summed E-state index contributed by atoms with van der Waals surface area (Å²) in [6.45, 7) is 6.72. The average Bonchev–Trinajstić information content (AvgIpc) is 2.67. The molecule has 0 aliphatic heterocycles. The van der Waals surface area contributed by atoms with Crippen molar-refractivity contribution in [3.8, 4) is 5.75 Å². The van der Waals surface area contributed by atoms with Crippen molar-refractivity contribution in [2.45, 2.75) is 26.3 Å². The monoisotopic (exact) mass is 358 g/mol. The molecule has 140 valence electrons. The first-order valence-corrected chi connectivity index (χ1v) is 9.08. The second-order valence-corrected chi connectivity index (χ2v) is 5.98. The molecule has 1 amide bonds. The van der Waals surface area contributed by atoms with Crippen LogP contribution in [0.2, 0.25) is 0 Å². The Kier molecular flexibility index (Phi) is 8.09. The molecule has 1 atom stereocenters. The lowest BCUT2D eigenvalue weighted by Crippen LogP contribution is -2.38. The van der Waals surface area contributed by atoms with Crippen LogP contribution in [0.25, 0.3) is 0 Å². The zero-order valence-corrected chi connectivity index (χ0v) is 15.5. The van der Waals surface area contributed by atoms with Gasteiger partial charge in [0.1, 0.15) is 0 Å². The van der Waals surface area contributed by atoms with Gasteiger partial charge in [0.25, 0.3) is 0 Å². The number of hydrogen-bond donors (Lipinski definition) is 1. The maximum absolute atomic E-state index is 13.5. The predicted molar refractivity (Wildman–Crippen MR) is 102 cm³/mol. The first-order chi connectivity index (χ1) is 12.7. The number of halogens is 1. The molecule has 1 N–H and O–H groups in total. The number of ether oxygens (including phenoxy) is 1. The highest BCUT2D eigenvalue weighted by molar-refractivity contribution is 5.76.